The zero-order valence-electron chi connectivity index (χ0n) is 10.9. The molecule has 0 radical (unpaired) electrons. The Morgan fingerprint density at radius 2 is 1.89 bits per heavy atom. The van der Waals surface area contributed by atoms with Crippen molar-refractivity contribution in [3.63, 3.8) is 0 Å². The van der Waals surface area contributed by atoms with Gasteiger partial charge in [-0.05, 0) is 19.9 Å². The number of rotatable bonds is 6. The first-order valence-corrected chi connectivity index (χ1v) is 6.29. The number of hydrogen-bond donors (Lipinski definition) is 4. The van der Waals surface area contributed by atoms with Crippen molar-refractivity contribution in [2.45, 2.75) is 25.4 Å². The van der Waals surface area contributed by atoms with E-state index >= 15 is 0 Å². The SMILES string of the molecule is CC(C)n1cc(Cl)cc1C(=O)NC(CO)(CO)CO. The van der Waals surface area contributed by atoms with Crippen LogP contribution in [-0.2, 0) is 0 Å². The van der Waals surface area contributed by atoms with E-state index in [-0.39, 0.29) is 6.04 Å². The molecule has 0 aromatic carbocycles. The smallest absolute Gasteiger partial charge is 0.268 e. The molecule has 4 N–H and O–H groups in total. The third-order valence-corrected chi connectivity index (χ3v) is 3.10. The normalized spacial score (nSPS) is 11.9. The van der Waals surface area contributed by atoms with Gasteiger partial charge < -0.3 is 25.2 Å². The van der Waals surface area contributed by atoms with Gasteiger partial charge >= 0.3 is 0 Å². The number of aromatic nitrogens is 1. The molecule has 0 aliphatic carbocycles. The van der Waals surface area contributed by atoms with Crippen molar-refractivity contribution in [2.75, 3.05) is 19.8 Å². The fourth-order valence-electron chi connectivity index (χ4n) is 1.63. The predicted octanol–water partition coefficient (Wildman–Crippen LogP) is 0.168. The molecule has 0 aliphatic rings. The van der Waals surface area contributed by atoms with Crippen LogP contribution in [0.5, 0.6) is 0 Å². The van der Waals surface area contributed by atoms with Crippen molar-refractivity contribution in [3.8, 4) is 0 Å². The molecule has 1 aromatic heterocycles. The number of amides is 1. The molecule has 6 nitrogen and oxygen atoms in total. The number of aliphatic hydroxyl groups is 3. The minimum atomic E-state index is -1.45. The Morgan fingerprint density at radius 3 is 2.32 bits per heavy atom. The van der Waals surface area contributed by atoms with Crippen molar-refractivity contribution in [1.82, 2.24) is 9.88 Å². The number of carbonyl (C=O) groups is 1. The molecular weight excluding hydrogens is 272 g/mol. The molecule has 0 bridgehead atoms. The Labute approximate surface area is 116 Å². The van der Waals surface area contributed by atoms with Crippen LogP contribution < -0.4 is 5.32 Å². The summed E-state index contributed by atoms with van der Waals surface area (Å²) in [6.07, 6.45) is 1.62. The van der Waals surface area contributed by atoms with Gasteiger partial charge in [-0.3, -0.25) is 4.79 Å². The summed E-state index contributed by atoms with van der Waals surface area (Å²) in [4.78, 5) is 12.2. The lowest BCUT2D eigenvalue weighted by atomic mass is 10.0. The maximum atomic E-state index is 12.2. The summed E-state index contributed by atoms with van der Waals surface area (Å²) in [6, 6.07) is 1.52. The number of nitrogens with zero attached hydrogens (tertiary/aromatic N) is 1. The van der Waals surface area contributed by atoms with Crippen LogP contribution in [0.2, 0.25) is 5.02 Å². The van der Waals surface area contributed by atoms with Gasteiger partial charge in [-0.15, -0.1) is 0 Å². The van der Waals surface area contributed by atoms with Crippen LogP contribution in [0.3, 0.4) is 0 Å². The first kappa shape index (κ1) is 16.0. The summed E-state index contributed by atoms with van der Waals surface area (Å²) in [6.45, 7) is 2.08. The summed E-state index contributed by atoms with van der Waals surface area (Å²) in [5.41, 5.74) is -1.14. The molecule has 1 rings (SSSR count). The Hall–Kier alpha value is -1.08. The molecule has 0 saturated heterocycles. The van der Waals surface area contributed by atoms with Gasteiger partial charge in [0, 0.05) is 12.2 Å². The molecule has 0 fully saturated rings. The monoisotopic (exact) mass is 290 g/mol. The second-order valence-electron chi connectivity index (χ2n) is 4.75. The third-order valence-electron chi connectivity index (χ3n) is 2.89. The fourth-order valence-corrected chi connectivity index (χ4v) is 1.84. The Bertz CT molecular complexity index is 433. The molecule has 108 valence electrons. The fraction of sp³-hybridized carbons (Fsp3) is 0.583. The molecule has 1 heterocycles. The predicted molar refractivity (Wildman–Crippen MR) is 71.3 cm³/mol. The molecule has 19 heavy (non-hydrogen) atoms. The first-order chi connectivity index (χ1) is 8.89. The van der Waals surface area contributed by atoms with E-state index in [2.05, 4.69) is 5.32 Å². The first-order valence-electron chi connectivity index (χ1n) is 5.91. The van der Waals surface area contributed by atoms with Crippen molar-refractivity contribution < 1.29 is 20.1 Å². The lowest BCUT2D eigenvalue weighted by molar-refractivity contribution is 0.0371. The average Bonchev–Trinajstić information content (AvgIpc) is 2.78. The highest BCUT2D eigenvalue weighted by Gasteiger charge is 2.31. The van der Waals surface area contributed by atoms with E-state index in [0.717, 1.165) is 0 Å². The quantitative estimate of drug-likeness (QED) is 0.601. The third kappa shape index (κ3) is 3.48. The summed E-state index contributed by atoms with van der Waals surface area (Å²) in [5.74, 6) is -0.516. The van der Waals surface area contributed by atoms with Crippen molar-refractivity contribution >= 4 is 17.5 Å². The van der Waals surface area contributed by atoms with E-state index in [0.29, 0.717) is 10.7 Å². The second-order valence-corrected chi connectivity index (χ2v) is 5.19. The highest BCUT2D eigenvalue weighted by molar-refractivity contribution is 6.31. The van der Waals surface area contributed by atoms with Crippen molar-refractivity contribution in [3.05, 3.63) is 23.0 Å². The van der Waals surface area contributed by atoms with Gasteiger partial charge in [0.15, 0.2) is 0 Å². The van der Waals surface area contributed by atoms with Gasteiger partial charge in [-0.1, -0.05) is 11.6 Å². The molecule has 1 amide bonds. The summed E-state index contributed by atoms with van der Waals surface area (Å²) < 4.78 is 1.68. The minimum absolute atomic E-state index is 0.0278. The molecular formula is C12H19ClN2O4. The number of halogens is 1. The summed E-state index contributed by atoms with van der Waals surface area (Å²) in [5, 5.41) is 30.4. The van der Waals surface area contributed by atoms with Crippen LogP contribution in [0.25, 0.3) is 0 Å². The molecule has 0 saturated carbocycles. The highest BCUT2D eigenvalue weighted by Crippen LogP contribution is 2.19. The van der Waals surface area contributed by atoms with Crippen molar-refractivity contribution in [2.24, 2.45) is 0 Å². The van der Waals surface area contributed by atoms with E-state index in [4.69, 9.17) is 11.6 Å². The molecule has 0 spiro atoms. The second kappa shape index (κ2) is 6.38. The molecule has 0 atom stereocenters. The zero-order chi connectivity index (χ0) is 14.6. The largest absolute Gasteiger partial charge is 0.394 e. The molecule has 1 aromatic rings. The standard InChI is InChI=1S/C12H19ClN2O4/c1-8(2)15-4-9(13)3-10(15)11(19)14-12(5-16,6-17)7-18/h3-4,8,16-18H,5-7H2,1-2H3,(H,14,19). The van der Waals surface area contributed by atoms with Crippen LogP contribution in [0.15, 0.2) is 12.3 Å². The van der Waals surface area contributed by atoms with Gasteiger partial charge in [0.05, 0.1) is 24.8 Å². The number of carbonyl (C=O) groups excluding carboxylic acids is 1. The minimum Gasteiger partial charge on any atom is -0.394 e. The van der Waals surface area contributed by atoms with Crippen LogP contribution >= 0.6 is 11.6 Å². The number of aliphatic hydroxyl groups excluding tert-OH is 3. The topological polar surface area (TPSA) is 94.7 Å². The van der Waals surface area contributed by atoms with Gasteiger partial charge in [0.25, 0.3) is 5.91 Å². The van der Waals surface area contributed by atoms with Gasteiger partial charge in [-0.2, -0.15) is 0 Å². The van der Waals surface area contributed by atoms with E-state index in [1.807, 2.05) is 13.8 Å². The maximum absolute atomic E-state index is 12.2. The van der Waals surface area contributed by atoms with Crippen LogP contribution in [0.4, 0.5) is 0 Å². The highest BCUT2D eigenvalue weighted by atomic mass is 35.5. The summed E-state index contributed by atoms with van der Waals surface area (Å²) >= 11 is 5.88. The van der Waals surface area contributed by atoms with Gasteiger partial charge in [0.1, 0.15) is 11.2 Å². The lowest BCUT2D eigenvalue weighted by Crippen LogP contribution is -2.57. The van der Waals surface area contributed by atoms with E-state index in [1.165, 1.54) is 6.07 Å². The Morgan fingerprint density at radius 1 is 1.37 bits per heavy atom. The van der Waals surface area contributed by atoms with Crippen LogP contribution in [0, 0.1) is 0 Å². The van der Waals surface area contributed by atoms with Crippen LogP contribution in [-0.4, -0.2) is 51.2 Å². The molecule has 0 unspecified atom stereocenters. The van der Waals surface area contributed by atoms with E-state index < -0.39 is 31.3 Å². The maximum Gasteiger partial charge on any atom is 0.268 e. The number of hydrogen-bond acceptors (Lipinski definition) is 4. The Kier molecular flexibility index (Phi) is 5.37. The zero-order valence-corrected chi connectivity index (χ0v) is 11.7. The van der Waals surface area contributed by atoms with Crippen molar-refractivity contribution in [1.29, 1.82) is 0 Å². The summed E-state index contributed by atoms with van der Waals surface area (Å²) in [7, 11) is 0. The molecule has 7 heteroatoms. The van der Waals surface area contributed by atoms with E-state index in [9.17, 15) is 20.1 Å². The number of nitrogens with one attached hydrogen (secondary N) is 1. The Balaban J connectivity index is 3.01. The lowest BCUT2D eigenvalue weighted by Gasteiger charge is -2.29. The van der Waals surface area contributed by atoms with Gasteiger partial charge in [-0.25, -0.2) is 0 Å². The molecule has 0 aliphatic heterocycles. The van der Waals surface area contributed by atoms with E-state index in [1.54, 1.807) is 10.8 Å². The van der Waals surface area contributed by atoms with Crippen LogP contribution in [0.1, 0.15) is 30.4 Å². The average molecular weight is 291 g/mol. The van der Waals surface area contributed by atoms with Gasteiger partial charge in [0.2, 0.25) is 0 Å².